The topological polar surface area (TPSA) is 54.9 Å². The number of hydrogen-bond donors (Lipinski definition) is 2. The molecule has 5 nitrogen and oxygen atoms in total. The summed E-state index contributed by atoms with van der Waals surface area (Å²) >= 11 is 0. The van der Waals surface area contributed by atoms with Gasteiger partial charge in [0.15, 0.2) is 5.96 Å². The van der Waals surface area contributed by atoms with E-state index < -0.39 is 0 Å². The Balaban J connectivity index is 1.88. The van der Waals surface area contributed by atoms with Crippen molar-refractivity contribution in [3.8, 4) is 0 Å². The molecule has 0 aliphatic carbocycles. The number of aryl methyl sites for hydroxylation is 1. The predicted molar refractivity (Wildman–Crippen MR) is 112 cm³/mol. The lowest BCUT2D eigenvalue weighted by Gasteiger charge is -2.31. The quantitative estimate of drug-likeness (QED) is 0.371. The van der Waals surface area contributed by atoms with Crippen molar-refractivity contribution < 1.29 is 9.47 Å². The molecule has 2 rings (SSSR count). The molecule has 1 fully saturated rings. The van der Waals surface area contributed by atoms with E-state index in [1.807, 2.05) is 6.92 Å². The maximum absolute atomic E-state index is 6.12. The molecule has 2 unspecified atom stereocenters. The van der Waals surface area contributed by atoms with Gasteiger partial charge in [-0.05, 0) is 52.0 Å². The van der Waals surface area contributed by atoms with E-state index in [2.05, 4.69) is 48.7 Å². The molecule has 5 heteroatoms. The van der Waals surface area contributed by atoms with Crippen molar-refractivity contribution in [3.63, 3.8) is 0 Å². The highest BCUT2D eigenvalue weighted by molar-refractivity contribution is 5.79. The Kier molecular flexibility index (Phi) is 10.2. The summed E-state index contributed by atoms with van der Waals surface area (Å²) in [5.41, 5.74) is 2.56. The van der Waals surface area contributed by atoms with Gasteiger partial charge in [0, 0.05) is 45.4 Å². The molecule has 0 bridgehead atoms. The standard InChI is InChI=1S/C22H37N3O2/c1-4-23-22(24-14-6-7-15-26-5-2)25-17-20-9-8-16-27-21(20)19-12-10-18(3)11-13-19/h10-13,20-21H,4-9,14-17H2,1-3H3,(H2,23,24,25). The van der Waals surface area contributed by atoms with Gasteiger partial charge in [0.25, 0.3) is 0 Å². The average molecular weight is 376 g/mol. The number of nitrogens with zero attached hydrogens (tertiary/aromatic N) is 1. The largest absolute Gasteiger partial charge is 0.382 e. The van der Waals surface area contributed by atoms with Crippen LogP contribution in [0.3, 0.4) is 0 Å². The van der Waals surface area contributed by atoms with Crippen molar-refractivity contribution in [2.45, 2.75) is 52.6 Å². The molecule has 1 heterocycles. The molecule has 1 aromatic carbocycles. The molecule has 1 aliphatic rings. The summed E-state index contributed by atoms with van der Waals surface area (Å²) in [6, 6.07) is 8.73. The number of aliphatic imine (C=N–C) groups is 1. The van der Waals surface area contributed by atoms with Crippen LogP contribution in [0.1, 0.15) is 56.8 Å². The molecule has 152 valence electrons. The van der Waals surface area contributed by atoms with Gasteiger partial charge in [0.2, 0.25) is 0 Å². The lowest BCUT2D eigenvalue weighted by Crippen LogP contribution is -2.38. The summed E-state index contributed by atoms with van der Waals surface area (Å²) in [4.78, 5) is 4.85. The summed E-state index contributed by atoms with van der Waals surface area (Å²) in [7, 11) is 0. The number of guanidine groups is 1. The van der Waals surface area contributed by atoms with E-state index >= 15 is 0 Å². The van der Waals surface area contributed by atoms with Crippen molar-refractivity contribution in [1.82, 2.24) is 10.6 Å². The van der Waals surface area contributed by atoms with E-state index in [0.717, 1.165) is 71.1 Å². The van der Waals surface area contributed by atoms with Crippen LogP contribution >= 0.6 is 0 Å². The highest BCUT2D eigenvalue weighted by Gasteiger charge is 2.27. The van der Waals surface area contributed by atoms with Gasteiger partial charge >= 0.3 is 0 Å². The summed E-state index contributed by atoms with van der Waals surface area (Å²) < 4.78 is 11.5. The monoisotopic (exact) mass is 375 g/mol. The summed E-state index contributed by atoms with van der Waals surface area (Å²) in [6.45, 7) is 11.3. The molecule has 0 amide bonds. The molecule has 0 saturated carbocycles. The third kappa shape index (κ3) is 7.89. The first-order valence-corrected chi connectivity index (χ1v) is 10.5. The van der Waals surface area contributed by atoms with Crippen LogP contribution < -0.4 is 10.6 Å². The minimum Gasteiger partial charge on any atom is -0.382 e. The van der Waals surface area contributed by atoms with Gasteiger partial charge in [-0.3, -0.25) is 4.99 Å². The van der Waals surface area contributed by atoms with Crippen LogP contribution in [-0.4, -0.2) is 45.4 Å². The lowest BCUT2D eigenvalue weighted by atomic mass is 9.89. The molecule has 2 atom stereocenters. The van der Waals surface area contributed by atoms with Crippen LogP contribution in [0.5, 0.6) is 0 Å². The molecular formula is C22H37N3O2. The second kappa shape index (κ2) is 12.7. The zero-order chi connectivity index (χ0) is 19.3. The average Bonchev–Trinajstić information content (AvgIpc) is 2.69. The lowest BCUT2D eigenvalue weighted by molar-refractivity contribution is -0.0250. The van der Waals surface area contributed by atoms with Crippen molar-refractivity contribution in [1.29, 1.82) is 0 Å². The first kappa shape index (κ1) is 21.7. The van der Waals surface area contributed by atoms with E-state index in [1.165, 1.54) is 11.1 Å². The Hall–Kier alpha value is -1.59. The van der Waals surface area contributed by atoms with Gasteiger partial charge in [-0.15, -0.1) is 0 Å². The first-order valence-electron chi connectivity index (χ1n) is 10.5. The molecule has 1 saturated heterocycles. The van der Waals surface area contributed by atoms with Crippen LogP contribution in [0.2, 0.25) is 0 Å². The Labute approximate surface area is 164 Å². The molecule has 2 N–H and O–H groups in total. The number of hydrogen-bond acceptors (Lipinski definition) is 3. The SMILES string of the molecule is CCNC(=NCC1CCCOC1c1ccc(C)cc1)NCCCCOCC. The molecule has 0 aromatic heterocycles. The summed E-state index contributed by atoms with van der Waals surface area (Å²) in [5.74, 6) is 1.33. The van der Waals surface area contributed by atoms with Gasteiger partial charge in [0.1, 0.15) is 0 Å². The maximum atomic E-state index is 6.12. The van der Waals surface area contributed by atoms with Gasteiger partial charge in [0.05, 0.1) is 6.10 Å². The Morgan fingerprint density at radius 2 is 2.00 bits per heavy atom. The van der Waals surface area contributed by atoms with Crippen LogP contribution in [-0.2, 0) is 9.47 Å². The van der Waals surface area contributed by atoms with Crippen molar-refractivity contribution >= 4 is 5.96 Å². The van der Waals surface area contributed by atoms with Gasteiger partial charge in [-0.1, -0.05) is 29.8 Å². The van der Waals surface area contributed by atoms with Crippen LogP contribution in [0.15, 0.2) is 29.3 Å². The zero-order valence-corrected chi connectivity index (χ0v) is 17.3. The molecule has 0 spiro atoms. The molecule has 1 aliphatic heterocycles. The molecule has 0 radical (unpaired) electrons. The number of nitrogens with one attached hydrogen (secondary N) is 2. The number of ether oxygens (including phenoxy) is 2. The second-order valence-electron chi connectivity index (χ2n) is 7.15. The summed E-state index contributed by atoms with van der Waals surface area (Å²) in [6.07, 6.45) is 4.59. The minimum atomic E-state index is 0.150. The fourth-order valence-electron chi connectivity index (χ4n) is 3.39. The van der Waals surface area contributed by atoms with Crippen molar-refractivity contribution in [2.75, 3.05) is 39.5 Å². The molecule has 27 heavy (non-hydrogen) atoms. The zero-order valence-electron chi connectivity index (χ0n) is 17.3. The molecule has 1 aromatic rings. The van der Waals surface area contributed by atoms with E-state index in [9.17, 15) is 0 Å². The molecular weight excluding hydrogens is 338 g/mol. The normalized spacial score (nSPS) is 20.5. The van der Waals surface area contributed by atoms with E-state index in [0.29, 0.717) is 5.92 Å². The van der Waals surface area contributed by atoms with Crippen LogP contribution in [0.4, 0.5) is 0 Å². The number of rotatable bonds is 10. The highest BCUT2D eigenvalue weighted by Crippen LogP contribution is 2.33. The van der Waals surface area contributed by atoms with Gasteiger partial charge in [-0.2, -0.15) is 0 Å². The van der Waals surface area contributed by atoms with Crippen molar-refractivity contribution in [3.05, 3.63) is 35.4 Å². The minimum absolute atomic E-state index is 0.150. The maximum Gasteiger partial charge on any atom is 0.191 e. The predicted octanol–water partition coefficient (Wildman–Crippen LogP) is 3.83. The highest BCUT2D eigenvalue weighted by atomic mass is 16.5. The smallest absolute Gasteiger partial charge is 0.191 e. The third-order valence-electron chi connectivity index (χ3n) is 4.89. The van der Waals surface area contributed by atoms with Gasteiger partial charge in [-0.25, -0.2) is 0 Å². The Morgan fingerprint density at radius 3 is 2.74 bits per heavy atom. The Bertz CT molecular complexity index is 545. The van der Waals surface area contributed by atoms with Gasteiger partial charge < -0.3 is 20.1 Å². The van der Waals surface area contributed by atoms with Crippen molar-refractivity contribution in [2.24, 2.45) is 10.9 Å². The first-order chi connectivity index (χ1) is 13.2. The third-order valence-corrected chi connectivity index (χ3v) is 4.89. The van der Waals surface area contributed by atoms with E-state index in [4.69, 9.17) is 14.5 Å². The van der Waals surface area contributed by atoms with Crippen LogP contribution in [0.25, 0.3) is 0 Å². The fourth-order valence-corrected chi connectivity index (χ4v) is 3.39. The van der Waals surface area contributed by atoms with E-state index in [-0.39, 0.29) is 6.10 Å². The van der Waals surface area contributed by atoms with E-state index in [1.54, 1.807) is 0 Å². The Morgan fingerprint density at radius 1 is 1.19 bits per heavy atom. The number of benzene rings is 1. The fraction of sp³-hybridized carbons (Fsp3) is 0.682. The van der Waals surface area contributed by atoms with Crippen LogP contribution in [0, 0.1) is 12.8 Å². The number of unbranched alkanes of at least 4 members (excludes halogenated alkanes) is 1. The second-order valence-corrected chi connectivity index (χ2v) is 7.15. The summed E-state index contributed by atoms with van der Waals surface area (Å²) in [5, 5.41) is 6.79.